The second-order valence-corrected chi connectivity index (χ2v) is 5.29. The molecule has 88 valence electrons. The number of nitrogens with one attached hydrogen (secondary N) is 1. The van der Waals surface area contributed by atoms with Crippen LogP contribution in [-0.2, 0) is 12.8 Å². The molecule has 0 aliphatic heterocycles. The number of aromatic nitrogens is 2. The maximum absolute atomic E-state index is 11.8. The molecule has 1 aromatic heterocycles. The van der Waals surface area contributed by atoms with Crippen LogP contribution in [0.1, 0.15) is 43.9 Å². The quantitative estimate of drug-likeness (QED) is 0.498. The van der Waals surface area contributed by atoms with E-state index < -0.39 is 0 Å². The van der Waals surface area contributed by atoms with E-state index in [0.29, 0.717) is 0 Å². The molecule has 0 saturated heterocycles. The van der Waals surface area contributed by atoms with Gasteiger partial charge in [0.05, 0.1) is 5.69 Å². The summed E-state index contributed by atoms with van der Waals surface area (Å²) in [4.78, 5) is 19.3. The zero-order chi connectivity index (χ0) is 11.4. The van der Waals surface area contributed by atoms with Crippen LogP contribution in [0.25, 0.3) is 0 Å². The Labute approximate surface area is 100 Å². The van der Waals surface area contributed by atoms with Crippen molar-refractivity contribution in [2.75, 3.05) is 5.75 Å². The second kappa shape index (κ2) is 5.53. The molecule has 1 aromatic rings. The van der Waals surface area contributed by atoms with Crippen molar-refractivity contribution in [3.63, 3.8) is 0 Å². The van der Waals surface area contributed by atoms with Crippen molar-refractivity contribution in [3.05, 3.63) is 21.6 Å². The van der Waals surface area contributed by atoms with Gasteiger partial charge in [-0.3, -0.25) is 4.79 Å². The van der Waals surface area contributed by atoms with E-state index in [1.165, 1.54) is 19.3 Å². The Kier molecular flexibility index (Phi) is 4.04. The molecule has 0 amide bonds. The summed E-state index contributed by atoms with van der Waals surface area (Å²) < 4.78 is 0. The van der Waals surface area contributed by atoms with Crippen LogP contribution in [0.15, 0.2) is 9.95 Å². The van der Waals surface area contributed by atoms with Crippen LogP contribution in [0.5, 0.6) is 0 Å². The van der Waals surface area contributed by atoms with E-state index in [1.807, 2.05) is 0 Å². The fourth-order valence-corrected chi connectivity index (χ4v) is 2.93. The summed E-state index contributed by atoms with van der Waals surface area (Å²) >= 11 is 1.67. The van der Waals surface area contributed by atoms with Gasteiger partial charge in [-0.25, -0.2) is 4.98 Å². The number of H-pyrrole nitrogens is 1. The Morgan fingerprint density at radius 1 is 1.38 bits per heavy atom. The summed E-state index contributed by atoms with van der Waals surface area (Å²) in [6, 6.07) is 0. The second-order valence-electron chi connectivity index (χ2n) is 4.21. The highest BCUT2D eigenvalue weighted by Gasteiger charge is 2.15. The van der Waals surface area contributed by atoms with Gasteiger partial charge >= 0.3 is 0 Å². The number of hydrogen-bond acceptors (Lipinski definition) is 3. The summed E-state index contributed by atoms with van der Waals surface area (Å²) in [5.41, 5.74) is 2.05. The maximum atomic E-state index is 11.8. The Hall–Kier alpha value is -0.770. The molecule has 0 saturated carbocycles. The molecule has 0 radical (unpaired) electrons. The average molecular weight is 238 g/mol. The van der Waals surface area contributed by atoms with Gasteiger partial charge in [0.1, 0.15) is 0 Å². The van der Waals surface area contributed by atoms with E-state index in [1.54, 1.807) is 11.8 Å². The third-order valence-electron chi connectivity index (χ3n) is 2.91. The maximum Gasteiger partial charge on any atom is 0.254 e. The third-order valence-corrected chi connectivity index (χ3v) is 3.87. The SMILES string of the molecule is CCCCSc1nc2c(c(=O)[nH]1)CCCC2. The minimum atomic E-state index is 0.0868. The monoisotopic (exact) mass is 238 g/mol. The summed E-state index contributed by atoms with van der Waals surface area (Å²) in [6.07, 6.45) is 6.52. The lowest BCUT2D eigenvalue weighted by Crippen LogP contribution is -2.21. The van der Waals surface area contributed by atoms with E-state index in [-0.39, 0.29) is 5.56 Å². The largest absolute Gasteiger partial charge is 0.301 e. The van der Waals surface area contributed by atoms with Crippen LogP contribution in [0.3, 0.4) is 0 Å². The topological polar surface area (TPSA) is 45.8 Å². The van der Waals surface area contributed by atoms with Crippen molar-refractivity contribution >= 4 is 11.8 Å². The summed E-state index contributed by atoms with van der Waals surface area (Å²) in [7, 11) is 0. The molecular formula is C12H18N2OS. The van der Waals surface area contributed by atoms with Crippen molar-refractivity contribution < 1.29 is 0 Å². The van der Waals surface area contributed by atoms with E-state index in [9.17, 15) is 4.79 Å². The van der Waals surface area contributed by atoms with Crippen molar-refractivity contribution in [3.8, 4) is 0 Å². The molecule has 0 unspecified atom stereocenters. The smallest absolute Gasteiger partial charge is 0.254 e. The molecule has 1 heterocycles. The fourth-order valence-electron chi connectivity index (χ4n) is 1.96. The van der Waals surface area contributed by atoms with Crippen molar-refractivity contribution in [2.45, 2.75) is 50.6 Å². The normalized spacial score (nSPS) is 14.8. The first-order valence-electron chi connectivity index (χ1n) is 6.06. The number of aryl methyl sites for hydroxylation is 1. The van der Waals surface area contributed by atoms with E-state index in [0.717, 1.165) is 41.4 Å². The number of unbranched alkanes of at least 4 members (excludes halogenated alkanes) is 1. The summed E-state index contributed by atoms with van der Waals surface area (Å²) in [5.74, 6) is 1.04. The Balaban J connectivity index is 2.15. The predicted octanol–water partition coefficient (Wildman–Crippen LogP) is 2.54. The van der Waals surface area contributed by atoms with Crippen LogP contribution in [-0.4, -0.2) is 15.7 Å². The molecule has 3 nitrogen and oxygen atoms in total. The summed E-state index contributed by atoms with van der Waals surface area (Å²) in [5, 5.41) is 0.805. The first-order chi connectivity index (χ1) is 7.81. The van der Waals surface area contributed by atoms with E-state index in [4.69, 9.17) is 0 Å². The van der Waals surface area contributed by atoms with Gasteiger partial charge in [0.25, 0.3) is 5.56 Å². The Morgan fingerprint density at radius 2 is 2.19 bits per heavy atom. The Bertz CT molecular complexity index is 414. The number of hydrogen-bond donors (Lipinski definition) is 1. The standard InChI is InChI=1S/C12H18N2OS/c1-2-3-8-16-12-13-10-7-5-4-6-9(10)11(15)14-12/h2-8H2,1H3,(H,13,14,15). The summed E-state index contributed by atoms with van der Waals surface area (Å²) in [6.45, 7) is 2.17. The van der Waals surface area contributed by atoms with Crippen LogP contribution in [0.2, 0.25) is 0 Å². The molecule has 0 aromatic carbocycles. The van der Waals surface area contributed by atoms with Crippen molar-refractivity contribution in [1.82, 2.24) is 9.97 Å². The Morgan fingerprint density at radius 3 is 3.00 bits per heavy atom. The molecular weight excluding hydrogens is 220 g/mol. The van der Waals surface area contributed by atoms with E-state index in [2.05, 4.69) is 16.9 Å². The van der Waals surface area contributed by atoms with Crippen LogP contribution in [0.4, 0.5) is 0 Å². The lowest BCUT2D eigenvalue weighted by molar-refractivity contribution is 0.641. The molecule has 0 fully saturated rings. The average Bonchev–Trinajstić information content (AvgIpc) is 2.30. The van der Waals surface area contributed by atoms with Gasteiger partial charge in [-0.05, 0) is 32.1 Å². The number of aromatic amines is 1. The molecule has 0 spiro atoms. The highest BCUT2D eigenvalue weighted by molar-refractivity contribution is 7.99. The van der Waals surface area contributed by atoms with Gasteiger partial charge in [0, 0.05) is 11.3 Å². The van der Waals surface area contributed by atoms with Gasteiger partial charge < -0.3 is 4.98 Å². The van der Waals surface area contributed by atoms with Crippen LogP contribution in [0, 0.1) is 0 Å². The van der Waals surface area contributed by atoms with Gasteiger partial charge in [-0.1, -0.05) is 25.1 Å². The molecule has 1 N–H and O–H groups in total. The minimum absolute atomic E-state index is 0.0868. The van der Waals surface area contributed by atoms with Crippen molar-refractivity contribution in [1.29, 1.82) is 0 Å². The van der Waals surface area contributed by atoms with Gasteiger partial charge in [-0.2, -0.15) is 0 Å². The fraction of sp³-hybridized carbons (Fsp3) is 0.667. The zero-order valence-corrected chi connectivity index (χ0v) is 10.5. The first kappa shape index (κ1) is 11.7. The third kappa shape index (κ3) is 2.67. The van der Waals surface area contributed by atoms with Crippen LogP contribution >= 0.6 is 11.8 Å². The highest BCUT2D eigenvalue weighted by Crippen LogP contribution is 2.19. The number of thioether (sulfide) groups is 1. The molecule has 1 aliphatic carbocycles. The van der Waals surface area contributed by atoms with Crippen molar-refractivity contribution in [2.24, 2.45) is 0 Å². The molecule has 1 aliphatic rings. The van der Waals surface area contributed by atoms with Gasteiger partial charge in [-0.15, -0.1) is 0 Å². The molecule has 0 bridgehead atoms. The van der Waals surface area contributed by atoms with Gasteiger partial charge in [0.2, 0.25) is 0 Å². The zero-order valence-electron chi connectivity index (χ0n) is 9.71. The van der Waals surface area contributed by atoms with Gasteiger partial charge in [0.15, 0.2) is 5.16 Å². The minimum Gasteiger partial charge on any atom is -0.301 e. The number of fused-ring (bicyclic) bond motifs is 1. The van der Waals surface area contributed by atoms with Crippen LogP contribution < -0.4 is 5.56 Å². The number of nitrogens with zero attached hydrogens (tertiary/aromatic N) is 1. The molecule has 4 heteroatoms. The predicted molar refractivity (Wildman–Crippen MR) is 67.1 cm³/mol. The lowest BCUT2D eigenvalue weighted by atomic mass is 9.97. The van der Waals surface area contributed by atoms with E-state index >= 15 is 0 Å². The number of rotatable bonds is 4. The lowest BCUT2D eigenvalue weighted by Gasteiger charge is -2.14. The first-order valence-corrected chi connectivity index (χ1v) is 7.04. The molecule has 2 rings (SSSR count). The molecule has 16 heavy (non-hydrogen) atoms. The molecule has 0 atom stereocenters. The highest BCUT2D eigenvalue weighted by atomic mass is 32.2.